The molecule has 0 aliphatic rings. The lowest BCUT2D eigenvalue weighted by Crippen LogP contribution is -2.24. The summed E-state index contributed by atoms with van der Waals surface area (Å²) < 4.78 is 0. The largest absolute Gasteiger partial charge is 0.357 e. The predicted molar refractivity (Wildman–Crippen MR) is 65.3 cm³/mol. The third-order valence-corrected chi connectivity index (χ3v) is 2.64. The first-order valence-corrected chi connectivity index (χ1v) is 5.71. The number of aromatic nitrogens is 1. The van der Waals surface area contributed by atoms with E-state index in [9.17, 15) is 0 Å². The minimum Gasteiger partial charge on any atom is -0.357 e. The molecule has 84 valence electrons. The lowest BCUT2D eigenvalue weighted by Gasteiger charge is -2.21. The van der Waals surface area contributed by atoms with Crippen LogP contribution in [-0.4, -0.2) is 18.1 Å². The van der Waals surface area contributed by atoms with Gasteiger partial charge in [-0.05, 0) is 25.5 Å². The van der Waals surface area contributed by atoms with E-state index in [0.29, 0.717) is 11.6 Å². The van der Waals surface area contributed by atoms with Crippen LogP contribution in [0.4, 0.5) is 5.82 Å². The zero-order chi connectivity index (χ0) is 11.3. The van der Waals surface area contributed by atoms with E-state index in [-0.39, 0.29) is 0 Å². The molecule has 0 saturated carbocycles. The minimum atomic E-state index is 0.385. The standard InChI is InChI=1S/C11H18ClN3/c1-3-7-15(4-2)11-6-5-9(12)10(8-13)14-11/h5-6H,3-4,7-8,13H2,1-2H3. The van der Waals surface area contributed by atoms with E-state index in [1.807, 2.05) is 12.1 Å². The Morgan fingerprint density at radius 2 is 2.13 bits per heavy atom. The van der Waals surface area contributed by atoms with Gasteiger partial charge in [-0.1, -0.05) is 18.5 Å². The molecule has 1 aromatic heterocycles. The highest BCUT2D eigenvalue weighted by Gasteiger charge is 2.07. The van der Waals surface area contributed by atoms with Crippen molar-refractivity contribution in [2.45, 2.75) is 26.8 Å². The van der Waals surface area contributed by atoms with Crippen molar-refractivity contribution in [1.29, 1.82) is 0 Å². The third kappa shape index (κ3) is 3.08. The number of rotatable bonds is 5. The van der Waals surface area contributed by atoms with Crippen LogP contribution in [0, 0.1) is 0 Å². The summed E-state index contributed by atoms with van der Waals surface area (Å²) in [6.07, 6.45) is 1.11. The highest BCUT2D eigenvalue weighted by Crippen LogP contribution is 2.18. The molecule has 1 rings (SSSR count). The molecule has 0 unspecified atom stereocenters. The van der Waals surface area contributed by atoms with E-state index in [1.165, 1.54) is 0 Å². The van der Waals surface area contributed by atoms with Crippen LogP contribution < -0.4 is 10.6 Å². The zero-order valence-electron chi connectivity index (χ0n) is 9.33. The van der Waals surface area contributed by atoms with Gasteiger partial charge in [0, 0.05) is 19.6 Å². The molecule has 0 bridgehead atoms. The summed E-state index contributed by atoms with van der Waals surface area (Å²) in [6, 6.07) is 3.81. The van der Waals surface area contributed by atoms with Crippen molar-refractivity contribution >= 4 is 17.4 Å². The first-order chi connectivity index (χ1) is 7.22. The molecule has 3 nitrogen and oxygen atoms in total. The average Bonchev–Trinajstić information content (AvgIpc) is 2.27. The maximum absolute atomic E-state index is 5.96. The lowest BCUT2D eigenvalue weighted by molar-refractivity contribution is 0.773. The minimum absolute atomic E-state index is 0.385. The lowest BCUT2D eigenvalue weighted by atomic mass is 10.3. The highest BCUT2D eigenvalue weighted by atomic mass is 35.5. The molecule has 0 aliphatic carbocycles. The molecular weight excluding hydrogens is 210 g/mol. The fourth-order valence-corrected chi connectivity index (χ4v) is 1.68. The maximum atomic E-state index is 5.96. The normalized spacial score (nSPS) is 10.4. The van der Waals surface area contributed by atoms with Crippen LogP contribution in [0.3, 0.4) is 0 Å². The molecule has 0 radical (unpaired) electrons. The molecule has 0 aliphatic heterocycles. The Labute approximate surface area is 96.2 Å². The van der Waals surface area contributed by atoms with Crippen LogP contribution in [0.25, 0.3) is 0 Å². The number of hydrogen-bond acceptors (Lipinski definition) is 3. The van der Waals surface area contributed by atoms with Crippen molar-refractivity contribution in [2.75, 3.05) is 18.0 Å². The summed E-state index contributed by atoms with van der Waals surface area (Å²) in [5, 5.41) is 0.647. The van der Waals surface area contributed by atoms with Gasteiger partial charge in [-0.2, -0.15) is 0 Å². The second-order valence-electron chi connectivity index (χ2n) is 3.38. The van der Waals surface area contributed by atoms with Gasteiger partial charge >= 0.3 is 0 Å². The molecular formula is C11H18ClN3. The molecule has 0 fully saturated rings. The summed E-state index contributed by atoms with van der Waals surface area (Å²) >= 11 is 5.96. The maximum Gasteiger partial charge on any atom is 0.128 e. The summed E-state index contributed by atoms with van der Waals surface area (Å²) in [7, 11) is 0. The Kier molecular flexibility index (Phi) is 4.85. The van der Waals surface area contributed by atoms with Crippen LogP contribution in [0.5, 0.6) is 0 Å². The fourth-order valence-electron chi connectivity index (χ4n) is 1.50. The topological polar surface area (TPSA) is 42.1 Å². The smallest absolute Gasteiger partial charge is 0.128 e. The Morgan fingerprint density at radius 1 is 1.40 bits per heavy atom. The van der Waals surface area contributed by atoms with Crippen molar-refractivity contribution in [3.05, 3.63) is 22.8 Å². The van der Waals surface area contributed by atoms with E-state index in [4.69, 9.17) is 17.3 Å². The number of nitrogens with zero attached hydrogens (tertiary/aromatic N) is 2. The summed E-state index contributed by atoms with van der Waals surface area (Å²) in [5.74, 6) is 0.962. The van der Waals surface area contributed by atoms with Gasteiger partial charge in [-0.3, -0.25) is 0 Å². The van der Waals surface area contributed by atoms with E-state index in [2.05, 4.69) is 23.7 Å². The van der Waals surface area contributed by atoms with Gasteiger partial charge in [0.15, 0.2) is 0 Å². The SMILES string of the molecule is CCCN(CC)c1ccc(Cl)c(CN)n1. The number of hydrogen-bond donors (Lipinski definition) is 1. The Morgan fingerprint density at radius 3 is 2.67 bits per heavy atom. The van der Waals surface area contributed by atoms with Crippen molar-refractivity contribution in [1.82, 2.24) is 4.98 Å². The van der Waals surface area contributed by atoms with Gasteiger partial charge in [-0.15, -0.1) is 0 Å². The van der Waals surface area contributed by atoms with Crippen LogP contribution >= 0.6 is 11.6 Å². The summed E-state index contributed by atoms with van der Waals surface area (Å²) in [5.41, 5.74) is 6.34. The van der Waals surface area contributed by atoms with E-state index in [1.54, 1.807) is 0 Å². The van der Waals surface area contributed by atoms with E-state index >= 15 is 0 Å². The van der Waals surface area contributed by atoms with Gasteiger partial charge in [0.25, 0.3) is 0 Å². The summed E-state index contributed by atoms with van der Waals surface area (Å²) in [4.78, 5) is 6.67. The molecule has 0 spiro atoms. The number of nitrogens with two attached hydrogens (primary N) is 1. The monoisotopic (exact) mass is 227 g/mol. The molecule has 0 saturated heterocycles. The Bertz CT molecular complexity index is 315. The number of pyridine rings is 1. The van der Waals surface area contributed by atoms with Crippen LogP contribution in [-0.2, 0) is 6.54 Å². The molecule has 1 aromatic rings. The fraction of sp³-hybridized carbons (Fsp3) is 0.545. The highest BCUT2D eigenvalue weighted by molar-refractivity contribution is 6.31. The van der Waals surface area contributed by atoms with Crippen LogP contribution in [0.15, 0.2) is 12.1 Å². The molecule has 4 heteroatoms. The molecule has 0 atom stereocenters. The molecule has 1 heterocycles. The second-order valence-corrected chi connectivity index (χ2v) is 3.79. The first-order valence-electron chi connectivity index (χ1n) is 5.33. The zero-order valence-corrected chi connectivity index (χ0v) is 10.1. The average molecular weight is 228 g/mol. The van der Waals surface area contributed by atoms with Gasteiger partial charge in [-0.25, -0.2) is 4.98 Å². The summed E-state index contributed by atoms with van der Waals surface area (Å²) in [6.45, 7) is 6.62. The van der Waals surface area contributed by atoms with E-state index < -0.39 is 0 Å². The Hall–Kier alpha value is -0.800. The molecule has 2 N–H and O–H groups in total. The van der Waals surface area contributed by atoms with Crippen molar-refractivity contribution in [3.63, 3.8) is 0 Å². The van der Waals surface area contributed by atoms with E-state index in [0.717, 1.165) is 31.0 Å². The quantitative estimate of drug-likeness (QED) is 0.840. The Balaban J connectivity index is 2.92. The van der Waals surface area contributed by atoms with Gasteiger partial charge < -0.3 is 10.6 Å². The third-order valence-electron chi connectivity index (χ3n) is 2.30. The predicted octanol–water partition coefficient (Wildman–Crippen LogP) is 2.43. The van der Waals surface area contributed by atoms with Crippen molar-refractivity contribution in [3.8, 4) is 0 Å². The van der Waals surface area contributed by atoms with Gasteiger partial charge in [0.2, 0.25) is 0 Å². The molecule has 0 aromatic carbocycles. The van der Waals surface area contributed by atoms with Crippen molar-refractivity contribution < 1.29 is 0 Å². The van der Waals surface area contributed by atoms with Gasteiger partial charge in [0.1, 0.15) is 5.82 Å². The number of anilines is 1. The van der Waals surface area contributed by atoms with Crippen LogP contribution in [0.2, 0.25) is 5.02 Å². The van der Waals surface area contributed by atoms with Gasteiger partial charge in [0.05, 0.1) is 10.7 Å². The first kappa shape index (κ1) is 12.3. The molecule has 15 heavy (non-hydrogen) atoms. The van der Waals surface area contributed by atoms with Crippen LogP contribution in [0.1, 0.15) is 26.0 Å². The number of halogens is 1. The van der Waals surface area contributed by atoms with Crippen molar-refractivity contribution in [2.24, 2.45) is 5.73 Å². The molecule has 0 amide bonds. The second kappa shape index (κ2) is 5.93.